The smallest absolute Gasteiger partial charge is 0.233 e. The number of carbonyl (C=O) groups excluding carboxylic acids is 1. The second-order valence-corrected chi connectivity index (χ2v) is 6.79. The summed E-state index contributed by atoms with van der Waals surface area (Å²) in [5.74, 6) is 1.67. The molecular weight excluding hydrogens is 284 g/mol. The largest absolute Gasteiger partial charge is 0.497 e. The Hall–Kier alpha value is -1.20. The molecule has 4 nitrogen and oxygen atoms in total. The highest BCUT2D eigenvalue weighted by Crippen LogP contribution is 2.25. The van der Waals surface area contributed by atoms with Gasteiger partial charge in [-0.15, -0.1) is 11.8 Å². The van der Waals surface area contributed by atoms with Gasteiger partial charge in [0.05, 0.1) is 12.4 Å². The third-order valence-electron chi connectivity index (χ3n) is 3.76. The zero-order valence-corrected chi connectivity index (χ0v) is 13.5. The summed E-state index contributed by atoms with van der Waals surface area (Å²) in [7, 11) is 1.65. The van der Waals surface area contributed by atoms with Crippen LogP contribution in [0.5, 0.6) is 5.75 Å². The minimum absolute atomic E-state index is 0.0832. The molecule has 2 rings (SSSR count). The van der Waals surface area contributed by atoms with Gasteiger partial charge in [0.1, 0.15) is 5.75 Å². The Kier molecular flexibility index (Phi) is 6.39. The van der Waals surface area contributed by atoms with Crippen molar-refractivity contribution < 1.29 is 9.53 Å². The molecule has 1 fully saturated rings. The minimum Gasteiger partial charge on any atom is -0.497 e. The maximum Gasteiger partial charge on any atom is 0.233 e. The Morgan fingerprint density at radius 2 is 2.24 bits per heavy atom. The molecule has 5 heteroatoms. The molecule has 2 N–H and O–H groups in total. The molecule has 1 aromatic carbocycles. The monoisotopic (exact) mass is 308 g/mol. The molecule has 1 heterocycles. The second-order valence-electron chi connectivity index (χ2n) is 5.37. The standard InChI is InChI=1S/C16H24N2O2S/c1-12(21-15-5-3-14(20-2)4-6-15)16(19)18-10-8-13-7-9-17-11-13/h3-6,12-13,17H,7-11H2,1-2H3,(H,18,19). The third-order valence-corrected chi connectivity index (χ3v) is 4.87. The highest BCUT2D eigenvalue weighted by molar-refractivity contribution is 8.00. The van der Waals surface area contributed by atoms with Crippen LogP contribution >= 0.6 is 11.8 Å². The lowest BCUT2D eigenvalue weighted by Crippen LogP contribution is -2.32. The van der Waals surface area contributed by atoms with Crippen molar-refractivity contribution in [3.8, 4) is 5.75 Å². The number of amides is 1. The van der Waals surface area contributed by atoms with Gasteiger partial charge in [0.15, 0.2) is 0 Å². The summed E-state index contributed by atoms with van der Waals surface area (Å²) in [6.45, 7) is 4.93. The van der Waals surface area contributed by atoms with Crippen molar-refractivity contribution in [3.63, 3.8) is 0 Å². The van der Waals surface area contributed by atoms with E-state index in [4.69, 9.17) is 4.74 Å². The van der Waals surface area contributed by atoms with Gasteiger partial charge in [0.25, 0.3) is 0 Å². The first-order chi connectivity index (χ1) is 10.2. The molecule has 0 aliphatic carbocycles. The number of ether oxygens (including phenoxy) is 1. The number of thioether (sulfide) groups is 1. The lowest BCUT2D eigenvalue weighted by molar-refractivity contribution is -0.120. The van der Waals surface area contributed by atoms with Gasteiger partial charge in [-0.05, 0) is 63.0 Å². The molecule has 1 amide bonds. The van der Waals surface area contributed by atoms with Crippen LogP contribution in [-0.4, -0.2) is 37.9 Å². The van der Waals surface area contributed by atoms with Gasteiger partial charge in [0.2, 0.25) is 5.91 Å². The predicted molar refractivity (Wildman–Crippen MR) is 86.9 cm³/mol. The Balaban J connectivity index is 1.70. The van der Waals surface area contributed by atoms with Crippen molar-refractivity contribution in [3.05, 3.63) is 24.3 Å². The second kappa shape index (κ2) is 8.29. The molecule has 1 aromatic rings. The maximum absolute atomic E-state index is 12.1. The fourth-order valence-electron chi connectivity index (χ4n) is 2.42. The van der Waals surface area contributed by atoms with Crippen LogP contribution < -0.4 is 15.4 Å². The van der Waals surface area contributed by atoms with Gasteiger partial charge >= 0.3 is 0 Å². The number of benzene rings is 1. The molecule has 1 saturated heterocycles. The topological polar surface area (TPSA) is 50.4 Å². The van der Waals surface area contributed by atoms with E-state index < -0.39 is 0 Å². The van der Waals surface area contributed by atoms with E-state index in [0.717, 1.165) is 42.6 Å². The number of hydrogen-bond acceptors (Lipinski definition) is 4. The van der Waals surface area contributed by atoms with Gasteiger partial charge in [-0.25, -0.2) is 0 Å². The zero-order valence-electron chi connectivity index (χ0n) is 12.7. The molecule has 2 atom stereocenters. The summed E-state index contributed by atoms with van der Waals surface area (Å²) >= 11 is 1.57. The number of rotatable bonds is 7. The van der Waals surface area contributed by atoms with E-state index in [-0.39, 0.29) is 11.2 Å². The van der Waals surface area contributed by atoms with Crippen molar-refractivity contribution in [2.45, 2.75) is 29.9 Å². The number of hydrogen-bond donors (Lipinski definition) is 2. The molecule has 116 valence electrons. The van der Waals surface area contributed by atoms with Crippen LogP contribution in [0.1, 0.15) is 19.8 Å². The molecule has 21 heavy (non-hydrogen) atoms. The molecular formula is C16H24N2O2S. The van der Waals surface area contributed by atoms with Gasteiger partial charge in [0, 0.05) is 11.4 Å². The highest BCUT2D eigenvalue weighted by atomic mass is 32.2. The van der Waals surface area contributed by atoms with E-state index in [9.17, 15) is 4.79 Å². The predicted octanol–water partition coefficient (Wildman–Crippen LogP) is 2.29. The zero-order chi connectivity index (χ0) is 15.1. The molecule has 2 unspecified atom stereocenters. The normalized spacial score (nSPS) is 19.2. The minimum atomic E-state index is -0.0832. The average Bonchev–Trinajstić information content (AvgIpc) is 3.01. The van der Waals surface area contributed by atoms with Crippen LogP contribution in [0.3, 0.4) is 0 Å². The summed E-state index contributed by atoms with van der Waals surface area (Å²) in [6.07, 6.45) is 2.30. The van der Waals surface area contributed by atoms with Gasteiger partial charge in [-0.2, -0.15) is 0 Å². The summed E-state index contributed by atoms with van der Waals surface area (Å²) in [4.78, 5) is 13.2. The van der Waals surface area contributed by atoms with Gasteiger partial charge < -0.3 is 15.4 Å². The number of nitrogens with one attached hydrogen (secondary N) is 2. The van der Waals surface area contributed by atoms with E-state index in [2.05, 4.69) is 10.6 Å². The first-order valence-corrected chi connectivity index (χ1v) is 8.36. The Morgan fingerprint density at radius 1 is 1.48 bits per heavy atom. The maximum atomic E-state index is 12.1. The Bertz CT molecular complexity index is 444. The van der Waals surface area contributed by atoms with Crippen molar-refractivity contribution in [1.82, 2.24) is 10.6 Å². The van der Waals surface area contributed by atoms with Crippen molar-refractivity contribution in [2.24, 2.45) is 5.92 Å². The van der Waals surface area contributed by atoms with E-state index in [1.54, 1.807) is 18.9 Å². The summed E-state index contributed by atoms with van der Waals surface area (Å²) in [5, 5.41) is 6.30. The van der Waals surface area contributed by atoms with Crippen LogP contribution in [0, 0.1) is 5.92 Å². The molecule has 0 radical (unpaired) electrons. The van der Waals surface area contributed by atoms with Crippen molar-refractivity contribution >= 4 is 17.7 Å². The summed E-state index contributed by atoms with van der Waals surface area (Å²) in [6, 6.07) is 7.80. The molecule has 0 aromatic heterocycles. The van der Waals surface area contributed by atoms with Gasteiger partial charge in [-0.3, -0.25) is 4.79 Å². The van der Waals surface area contributed by atoms with Crippen LogP contribution in [-0.2, 0) is 4.79 Å². The summed E-state index contributed by atoms with van der Waals surface area (Å²) < 4.78 is 5.13. The molecule has 0 bridgehead atoms. The fourth-order valence-corrected chi connectivity index (χ4v) is 3.31. The lowest BCUT2D eigenvalue weighted by atomic mass is 10.1. The average molecular weight is 308 g/mol. The summed E-state index contributed by atoms with van der Waals surface area (Å²) in [5.41, 5.74) is 0. The molecule has 0 spiro atoms. The molecule has 1 aliphatic heterocycles. The third kappa shape index (κ3) is 5.25. The van der Waals surface area contributed by atoms with E-state index in [0.29, 0.717) is 0 Å². The number of methoxy groups -OCH3 is 1. The van der Waals surface area contributed by atoms with Crippen molar-refractivity contribution in [2.75, 3.05) is 26.7 Å². The highest BCUT2D eigenvalue weighted by Gasteiger charge is 2.17. The van der Waals surface area contributed by atoms with Crippen LogP contribution in [0.25, 0.3) is 0 Å². The lowest BCUT2D eigenvalue weighted by Gasteiger charge is -2.13. The van der Waals surface area contributed by atoms with E-state index in [1.807, 2.05) is 31.2 Å². The number of carbonyl (C=O) groups is 1. The van der Waals surface area contributed by atoms with Crippen LogP contribution in [0.4, 0.5) is 0 Å². The van der Waals surface area contributed by atoms with Gasteiger partial charge in [-0.1, -0.05) is 0 Å². The fraction of sp³-hybridized carbons (Fsp3) is 0.562. The Labute approximate surface area is 131 Å². The first kappa shape index (κ1) is 16.2. The first-order valence-electron chi connectivity index (χ1n) is 7.48. The van der Waals surface area contributed by atoms with E-state index in [1.165, 1.54) is 6.42 Å². The molecule has 0 saturated carbocycles. The quantitative estimate of drug-likeness (QED) is 0.759. The van der Waals surface area contributed by atoms with Crippen molar-refractivity contribution in [1.29, 1.82) is 0 Å². The molecule has 1 aliphatic rings. The SMILES string of the molecule is COc1ccc(SC(C)C(=O)NCCC2CCNC2)cc1. The van der Waals surface area contributed by atoms with E-state index >= 15 is 0 Å². The van der Waals surface area contributed by atoms with Crippen LogP contribution in [0.15, 0.2) is 29.2 Å². The Morgan fingerprint density at radius 3 is 2.86 bits per heavy atom. The van der Waals surface area contributed by atoms with Crippen LogP contribution in [0.2, 0.25) is 0 Å².